The molecule has 19 heavy (non-hydrogen) atoms. The van der Waals surface area contributed by atoms with Crippen molar-refractivity contribution < 1.29 is 14.3 Å². The number of carbonyl (C=O) groups excluding carboxylic acids is 2. The van der Waals surface area contributed by atoms with Gasteiger partial charge in [0.2, 0.25) is 5.91 Å². The molecule has 0 aliphatic carbocycles. The highest BCUT2D eigenvalue weighted by Gasteiger charge is 2.25. The molecule has 0 saturated carbocycles. The van der Waals surface area contributed by atoms with Crippen LogP contribution in [0.3, 0.4) is 0 Å². The van der Waals surface area contributed by atoms with E-state index in [9.17, 15) is 9.59 Å². The molecule has 1 aliphatic heterocycles. The topological polar surface area (TPSA) is 58.6 Å². The maximum absolute atomic E-state index is 12.0. The Labute approximate surface area is 116 Å². The maximum Gasteiger partial charge on any atom is 0.261 e. The van der Waals surface area contributed by atoms with Gasteiger partial charge in [0, 0.05) is 13.1 Å². The number of amides is 2. The first-order chi connectivity index (χ1) is 9.06. The summed E-state index contributed by atoms with van der Waals surface area (Å²) in [7, 11) is 0. The fourth-order valence-corrected chi connectivity index (χ4v) is 2.78. The third-order valence-corrected chi connectivity index (χ3v) is 3.79. The van der Waals surface area contributed by atoms with Crippen LogP contribution in [0.25, 0.3) is 0 Å². The van der Waals surface area contributed by atoms with Crippen molar-refractivity contribution in [3.63, 3.8) is 0 Å². The van der Waals surface area contributed by atoms with Gasteiger partial charge >= 0.3 is 0 Å². The van der Waals surface area contributed by atoms with Gasteiger partial charge in [0.1, 0.15) is 0 Å². The molecule has 0 radical (unpaired) electrons. The number of nitrogens with zero attached hydrogens (tertiary/aromatic N) is 1. The second-order valence-electron chi connectivity index (χ2n) is 4.72. The van der Waals surface area contributed by atoms with Gasteiger partial charge in [0.05, 0.1) is 23.6 Å². The first-order valence-corrected chi connectivity index (χ1v) is 7.19. The lowest BCUT2D eigenvalue weighted by Gasteiger charge is -2.35. The van der Waals surface area contributed by atoms with Crippen molar-refractivity contribution in [2.45, 2.75) is 26.1 Å². The van der Waals surface area contributed by atoms with E-state index >= 15 is 0 Å². The molecule has 1 fully saturated rings. The first kappa shape index (κ1) is 14.0. The van der Waals surface area contributed by atoms with Crippen LogP contribution in [0, 0.1) is 0 Å². The van der Waals surface area contributed by atoms with Crippen LogP contribution in [0.15, 0.2) is 17.5 Å². The standard InChI is InChI=1S/C13H18N2O3S/c1-9-7-15(8-10(2)18-9)12(16)6-14-13(17)11-4-3-5-19-11/h3-5,9-10H,6-8H2,1-2H3,(H,14,17). The predicted molar refractivity (Wildman–Crippen MR) is 73.2 cm³/mol. The lowest BCUT2D eigenvalue weighted by atomic mass is 10.2. The molecule has 2 amide bonds. The van der Waals surface area contributed by atoms with Crippen LogP contribution in [-0.4, -0.2) is 48.6 Å². The summed E-state index contributed by atoms with van der Waals surface area (Å²) in [6.45, 7) is 5.09. The van der Waals surface area contributed by atoms with E-state index in [1.54, 1.807) is 11.0 Å². The molecule has 6 heteroatoms. The fourth-order valence-electron chi connectivity index (χ4n) is 2.14. The van der Waals surface area contributed by atoms with Gasteiger partial charge in [-0.2, -0.15) is 0 Å². The monoisotopic (exact) mass is 282 g/mol. The average molecular weight is 282 g/mol. The minimum absolute atomic E-state index is 0.0379. The van der Waals surface area contributed by atoms with Gasteiger partial charge in [0.15, 0.2) is 0 Å². The zero-order valence-electron chi connectivity index (χ0n) is 11.1. The Balaban J connectivity index is 1.82. The molecule has 2 atom stereocenters. The van der Waals surface area contributed by atoms with Crippen LogP contribution in [0.4, 0.5) is 0 Å². The highest BCUT2D eigenvalue weighted by molar-refractivity contribution is 7.12. The summed E-state index contributed by atoms with van der Waals surface area (Å²) < 4.78 is 5.57. The number of carbonyl (C=O) groups is 2. The Kier molecular flexibility index (Phi) is 4.55. The smallest absolute Gasteiger partial charge is 0.261 e. The second kappa shape index (κ2) is 6.16. The Morgan fingerprint density at radius 2 is 2.11 bits per heavy atom. The molecule has 5 nitrogen and oxygen atoms in total. The molecule has 104 valence electrons. The molecular formula is C13H18N2O3S. The lowest BCUT2D eigenvalue weighted by molar-refractivity contribution is -0.142. The quantitative estimate of drug-likeness (QED) is 0.903. The van der Waals surface area contributed by atoms with Crippen molar-refractivity contribution in [2.24, 2.45) is 0 Å². The highest BCUT2D eigenvalue weighted by atomic mass is 32.1. The van der Waals surface area contributed by atoms with E-state index in [-0.39, 0.29) is 30.6 Å². The van der Waals surface area contributed by atoms with Gasteiger partial charge in [-0.1, -0.05) is 6.07 Å². The van der Waals surface area contributed by atoms with Crippen LogP contribution >= 0.6 is 11.3 Å². The Morgan fingerprint density at radius 1 is 1.42 bits per heavy atom. The molecule has 1 aromatic rings. The molecule has 1 aromatic heterocycles. The zero-order chi connectivity index (χ0) is 13.8. The van der Waals surface area contributed by atoms with Crippen molar-refractivity contribution >= 4 is 23.2 Å². The molecule has 2 rings (SSSR count). The minimum Gasteiger partial charge on any atom is -0.372 e. The third-order valence-electron chi connectivity index (χ3n) is 2.92. The van der Waals surface area contributed by atoms with E-state index in [1.807, 2.05) is 25.3 Å². The normalized spacial score (nSPS) is 23.2. The van der Waals surface area contributed by atoms with Crippen molar-refractivity contribution in [1.29, 1.82) is 0 Å². The lowest BCUT2D eigenvalue weighted by Crippen LogP contribution is -2.51. The Hall–Kier alpha value is -1.40. The number of hydrogen-bond donors (Lipinski definition) is 1. The van der Waals surface area contributed by atoms with E-state index in [2.05, 4.69) is 5.32 Å². The molecule has 0 bridgehead atoms. The van der Waals surface area contributed by atoms with Crippen LogP contribution in [0.1, 0.15) is 23.5 Å². The SMILES string of the molecule is CC1CN(C(=O)CNC(=O)c2cccs2)CC(C)O1. The fraction of sp³-hybridized carbons (Fsp3) is 0.538. The van der Waals surface area contributed by atoms with Gasteiger partial charge in [-0.25, -0.2) is 0 Å². The number of ether oxygens (including phenoxy) is 1. The van der Waals surface area contributed by atoms with Crippen LogP contribution in [0.2, 0.25) is 0 Å². The summed E-state index contributed by atoms with van der Waals surface area (Å²) in [5.41, 5.74) is 0. The van der Waals surface area contributed by atoms with Gasteiger partial charge in [-0.05, 0) is 25.3 Å². The van der Waals surface area contributed by atoms with Crippen molar-refractivity contribution in [3.8, 4) is 0 Å². The van der Waals surface area contributed by atoms with E-state index in [0.717, 1.165) is 0 Å². The summed E-state index contributed by atoms with van der Waals surface area (Å²) in [4.78, 5) is 26.1. The van der Waals surface area contributed by atoms with Crippen molar-refractivity contribution in [1.82, 2.24) is 10.2 Å². The molecule has 0 spiro atoms. The van der Waals surface area contributed by atoms with E-state index < -0.39 is 0 Å². The number of nitrogens with one attached hydrogen (secondary N) is 1. The summed E-state index contributed by atoms with van der Waals surface area (Å²) in [5, 5.41) is 4.49. The van der Waals surface area contributed by atoms with Gasteiger partial charge < -0.3 is 15.0 Å². The second-order valence-corrected chi connectivity index (χ2v) is 5.66. The molecule has 1 N–H and O–H groups in total. The van der Waals surface area contributed by atoms with E-state index in [4.69, 9.17) is 4.74 Å². The van der Waals surface area contributed by atoms with Crippen LogP contribution < -0.4 is 5.32 Å². The summed E-state index contributed by atoms with van der Waals surface area (Å²) in [6.07, 6.45) is 0.0846. The van der Waals surface area contributed by atoms with Crippen LogP contribution in [0.5, 0.6) is 0 Å². The number of hydrogen-bond acceptors (Lipinski definition) is 4. The van der Waals surface area contributed by atoms with Gasteiger partial charge in [0.25, 0.3) is 5.91 Å². The van der Waals surface area contributed by atoms with E-state index in [0.29, 0.717) is 18.0 Å². The summed E-state index contributed by atoms with van der Waals surface area (Å²) in [5.74, 6) is -0.260. The number of thiophene rings is 1. The first-order valence-electron chi connectivity index (χ1n) is 6.31. The molecular weight excluding hydrogens is 264 g/mol. The molecule has 1 aliphatic rings. The highest BCUT2D eigenvalue weighted by Crippen LogP contribution is 2.11. The third kappa shape index (κ3) is 3.78. The Morgan fingerprint density at radius 3 is 2.68 bits per heavy atom. The maximum atomic E-state index is 12.0. The minimum atomic E-state index is -0.197. The molecule has 1 saturated heterocycles. The zero-order valence-corrected chi connectivity index (χ0v) is 11.9. The van der Waals surface area contributed by atoms with Gasteiger partial charge in [-0.15, -0.1) is 11.3 Å². The predicted octanol–water partition coefficient (Wildman–Crippen LogP) is 1.11. The summed E-state index contributed by atoms with van der Waals surface area (Å²) >= 11 is 1.36. The van der Waals surface area contributed by atoms with Gasteiger partial charge in [-0.3, -0.25) is 9.59 Å². The molecule has 2 heterocycles. The molecule has 0 aromatic carbocycles. The van der Waals surface area contributed by atoms with Crippen molar-refractivity contribution in [2.75, 3.05) is 19.6 Å². The Bertz CT molecular complexity index is 437. The largest absolute Gasteiger partial charge is 0.372 e. The number of morpholine rings is 1. The summed E-state index contributed by atoms with van der Waals surface area (Å²) in [6, 6.07) is 3.55. The average Bonchev–Trinajstić information content (AvgIpc) is 2.88. The van der Waals surface area contributed by atoms with E-state index in [1.165, 1.54) is 11.3 Å². The van der Waals surface area contributed by atoms with Crippen LogP contribution in [-0.2, 0) is 9.53 Å². The molecule has 2 unspecified atom stereocenters. The number of rotatable bonds is 3. The van der Waals surface area contributed by atoms with Crippen molar-refractivity contribution in [3.05, 3.63) is 22.4 Å².